The highest BCUT2D eigenvalue weighted by Gasteiger charge is 2.04. The number of nitrogens with zero attached hydrogens (tertiary/aromatic N) is 1. The van der Waals surface area contributed by atoms with Crippen LogP contribution in [0.25, 0.3) is 10.9 Å². The normalized spacial score (nSPS) is 10.4. The Kier molecular flexibility index (Phi) is 2.48. The van der Waals surface area contributed by atoms with E-state index in [9.17, 15) is 9.59 Å². The van der Waals surface area contributed by atoms with E-state index >= 15 is 0 Å². The number of carbonyl (C=O) groups excluding carboxylic acids is 1. The van der Waals surface area contributed by atoms with Gasteiger partial charge in [0.05, 0.1) is 5.52 Å². The van der Waals surface area contributed by atoms with Crippen LogP contribution >= 0.6 is 0 Å². The molecule has 0 fully saturated rings. The number of carbonyl (C=O) groups is 1. The summed E-state index contributed by atoms with van der Waals surface area (Å²) < 4.78 is 0. The summed E-state index contributed by atoms with van der Waals surface area (Å²) >= 11 is 0. The Balaban J connectivity index is 2.79. The fourth-order valence-corrected chi connectivity index (χ4v) is 1.65. The lowest BCUT2D eigenvalue weighted by atomic mass is 10.1. The van der Waals surface area contributed by atoms with Crippen molar-refractivity contribution in [1.29, 1.82) is 0 Å². The molecule has 16 heavy (non-hydrogen) atoms. The minimum atomic E-state index is -0.259. The highest BCUT2D eigenvalue weighted by molar-refractivity contribution is 5.97. The average Bonchev–Trinajstić information content (AvgIpc) is 2.26. The predicted octanol–water partition coefficient (Wildman–Crippen LogP) is 1.41. The number of aromatic nitrogens is 1. The number of nitrogens with one attached hydrogen (secondary N) is 1. The van der Waals surface area contributed by atoms with Crippen LogP contribution in [-0.4, -0.2) is 25.4 Å². The molecule has 4 nitrogen and oxygen atoms in total. The minimum Gasteiger partial charge on any atom is -0.378 e. The molecule has 82 valence electrons. The molecule has 0 unspecified atom stereocenters. The maximum Gasteiger partial charge on any atom is 0.249 e. The zero-order valence-electron chi connectivity index (χ0n) is 9.15. The van der Waals surface area contributed by atoms with E-state index in [1.165, 1.54) is 6.07 Å². The third kappa shape index (κ3) is 1.69. The van der Waals surface area contributed by atoms with Gasteiger partial charge in [-0.15, -0.1) is 0 Å². The molecule has 4 heteroatoms. The van der Waals surface area contributed by atoms with Crippen LogP contribution in [0.2, 0.25) is 0 Å². The quantitative estimate of drug-likeness (QED) is 0.772. The first kappa shape index (κ1) is 10.4. The number of fused-ring (bicyclic) bond motifs is 1. The van der Waals surface area contributed by atoms with Crippen LogP contribution in [0.15, 0.2) is 29.1 Å². The zero-order valence-corrected chi connectivity index (χ0v) is 9.15. The lowest BCUT2D eigenvalue weighted by molar-refractivity contribution is 0.112. The van der Waals surface area contributed by atoms with Crippen LogP contribution in [0.1, 0.15) is 10.4 Å². The number of H-pyrrole nitrogens is 1. The molecule has 0 amide bonds. The van der Waals surface area contributed by atoms with Crippen LogP contribution in [-0.2, 0) is 0 Å². The van der Waals surface area contributed by atoms with Gasteiger partial charge in [-0.3, -0.25) is 9.59 Å². The summed E-state index contributed by atoms with van der Waals surface area (Å²) in [6.07, 6.45) is 0.701. The molecular formula is C12H12N2O2. The van der Waals surface area contributed by atoms with Crippen molar-refractivity contribution in [3.05, 3.63) is 40.2 Å². The molecule has 1 N–H and O–H groups in total. The molecule has 1 heterocycles. The zero-order chi connectivity index (χ0) is 11.7. The van der Waals surface area contributed by atoms with Crippen molar-refractivity contribution >= 4 is 22.9 Å². The summed E-state index contributed by atoms with van der Waals surface area (Å²) in [6.45, 7) is 0. The first-order valence-corrected chi connectivity index (χ1v) is 4.91. The van der Waals surface area contributed by atoms with Gasteiger partial charge in [0.15, 0.2) is 6.29 Å². The molecule has 1 aromatic carbocycles. The maximum atomic E-state index is 11.3. The summed E-state index contributed by atoms with van der Waals surface area (Å²) in [6, 6.07) is 6.91. The first-order chi connectivity index (χ1) is 7.61. The van der Waals surface area contributed by atoms with Gasteiger partial charge in [0.2, 0.25) is 5.56 Å². The molecule has 0 saturated carbocycles. The lowest BCUT2D eigenvalue weighted by Gasteiger charge is -2.13. The van der Waals surface area contributed by atoms with Gasteiger partial charge < -0.3 is 9.88 Å². The Morgan fingerprint density at radius 3 is 2.62 bits per heavy atom. The number of hydrogen-bond acceptors (Lipinski definition) is 3. The smallest absolute Gasteiger partial charge is 0.249 e. The first-order valence-electron chi connectivity index (χ1n) is 4.91. The minimum absolute atomic E-state index is 0.259. The van der Waals surface area contributed by atoms with E-state index in [1.807, 2.05) is 37.2 Å². The van der Waals surface area contributed by atoms with E-state index in [4.69, 9.17) is 0 Å². The van der Waals surface area contributed by atoms with Crippen molar-refractivity contribution in [2.75, 3.05) is 19.0 Å². The van der Waals surface area contributed by atoms with Gasteiger partial charge in [-0.25, -0.2) is 0 Å². The Labute approximate surface area is 92.5 Å². The number of aldehydes is 1. The average molecular weight is 216 g/mol. The number of aromatic amines is 1. The van der Waals surface area contributed by atoms with Crippen molar-refractivity contribution < 1.29 is 4.79 Å². The number of rotatable bonds is 2. The van der Waals surface area contributed by atoms with Gasteiger partial charge in [-0.2, -0.15) is 0 Å². The fourth-order valence-electron chi connectivity index (χ4n) is 1.65. The third-order valence-electron chi connectivity index (χ3n) is 2.50. The van der Waals surface area contributed by atoms with Crippen molar-refractivity contribution in [3.63, 3.8) is 0 Å². The van der Waals surface area contributed by atoms with E-state index < -0.39 is 0 Å². The molecule has 0 aliphatic heterocycles. The van der Waals surface area contributed by atoms with Crippen molar-refractivity contribution in [3.8, 4) is 0 Å². The van der Waals surface area contributed by atoms with E-state index in [-0.39, 0.29) is 5.56 Å². The van der Waals surface area contributed by atoms with Gasteiger partial charge in [-0.1, -0.05) is 6.07 Å². The topological polar surface area (TPSA) is 53.2 Å². The monoisotopic (exact) mass is 216 g/mol. The summed E-state index contributed by atoms with van der Waals surface area (Å²) in [7, 11) is 3.84. The Morgan fingerprint density at radius 2 is 2.00 bits per heavy atom. The van der Waals surface area contributed by atoms with Gasteiger partial charge in [0, 0.05) is 36.8 Å². The van der Waals surface area contributed by atoms with Gasteiger partial charge in [0.1, 0.15) is 0 Å². The Hall–Kier alpha value is -2.10. The summed E-state index contributed by atoms with van der Waals surface area (Å²) in [5.41, 5.74) is 1.82. The summed E-state index contributed by atoms with van der Waals surface area (Å²) in [5.74, 6) is 0. The van der Waals surface area contributed by atoms with Crippen molar-refractivity contribution in [2.45, 2.75) is 0 Å². The Bertz CT molecular complexity index is 599. The van der Waals surface area contributed by atoms with Crippen LogP contribution in [0.3, 0.4) is 0 Å². The fraction of sp³-hybridized carbons (Fsp3) is 0.167. The second-order valence-corrected chi connectivity index (χ2v) is 3.83. The van der Waals surface area contributed by atoms with Crippen LogP contribution in [0, 0.1) is 0 Å². The van der Waals surface area contributed by atoms with E-state index in [0.29, 0.717) is 17.4 Å². The van der Waals surface area contributed by atoms with Gasteiger partial charge in [-0.05, 0) is 12.1 Å². The van der Waals surface area contributed by atoms with Gasteiger partial charge in [0.25, 0.3) is 0 Å². The molecule has 0 radical (unpaired) electrons. The Morgan fingerprint density at radius 1 is 1.25 bits per heavy atom. The molecular weight excluding hydrogens is 204 g/mol. The number of pyridine rings is 1. The predicted molar refractivity (Wildman–Crippen MR) is 64.3 cm³/mol. The number of hydrogen-bond donors (Lipinski definition) is 1. The van der Waals surface area contributed by atoms with E-state index in [2.05, 4.69) is 4.98 Å². The summed E-state index contributed by atoms with van der Waals surface area (Å²) in [5, 5.41) is 0.764. The molecule has 0 aliphatic carbocycles. The van der Waals surface area contributed by atoms with Crippen molar-refractivity contribution in [2.24, 2.45) is 0 Å². The number of benzene rings is 1. The molecule has 0 aliphatic rings. The highest BCUT2D eigenvalue weighted by atomic mass is 16.1. The maximum absolute atomic E-state index is 11.3. The van der Waals surface area contributed by atoms with Crippen molar-refractivity contribution in [1.82, 2.24) is 4.98 Å². The second-order valence-electron chi connectivity index (χ2n) is 3.83. The standard InChI is InChI=1S/C12H12N2O2/c1-14(2)9-3-4-10-8(7-15)5-12(16)13-11(10)6-9/h3-7H,1-2H3,(H,13,16). The van der Waals surface area contributed by atoms with Crippen LogP contribution in [0.5, 0.6) is 0 Å². The van der Waals surface area contributed by atoms with E-state index in [1.54, 1.807) is 0 Å². The molecule has 0 spiro atoms. The van der Waals surface area contributed by atoms with Crippen LogP contribution < -0.4 is 10.5 Å². The van der Waals surface area contributed by atoms with Crippen LogP contribution in [0.4, 0.5) is 5.69 Å². The molecule has 2 aromatic rings. The largest absolute Gasteiger partial charge is 0.378 e. The van der Waals surface area contributed by atoms with Gasteiger partial charge >= 0.3 is 0 Å². The second kappa shape index (κ2) is 3.81. The molecule has 2 rings (SSSR count). The highest BCUT2D eigenvalue weighted by Crippen LogP contribution is 2.20. The summed E-state index contributed by atoms with van der Waals surface area (Å²) in [4.78, 5) is 26.8. The molecule has 0 saturated heterocycles. The SMILES string of the molecule is CN(C)c1ccc2c(C=O)cc(=O)[nH]c2c1. The third-order valence-corrected chi connectivity index (χ3v) is 2.50. The molecule has 1 aromatic heterocycles. The van der Waals surface area contributed by atoms with E-state index in [0.717, 1.165) is 11.1 Å². The molecule has 0 bridgehead atoms. The lowest BCUT2D eigenvalue weighted by Crippen LogP contribution is -2.10. The molecule has 0 atom stereocenters. The number of anilines is 1.